The molecule has 140 valence electrons. The van der Waals surface area contributed by atoms with Crippen LogP contribution in [0.3, 0.4) is 0 Å². The molecule has 0 spiro atoms. The van der Waals surface area contributed by atoms with Gasteiger partial charge < -0.3 is 16.0 Å². The molecule has 0 unspecified atom stereocenters. The Morgan fingerprint density at radius 3 is 2.54 bits per heavy atom. The van der Waals surface area contributed by atoms with Crippen molar-refractivity contribution in [1.82, 2.24) is 10.6 Å². The van der Waals surface area contributed by atoms with Crippen LogP contribution < -0.4 is 16.0 Å². The third kappa shape index (κ3) is 7.34. The predicted molar refractivity (Wildman–Crippen MR) is 110 cm³/mol. The van der Waals surface area contributed by atoms with Crippen LogP contribution in [0.25, 0.3) is 0 Å². The first-order valence-corrected chi connectivity index (χ1v) is 7.89. The van der Waals surface area contributed by atoms with E-state index in [1.165, 1.54) is 24.3 Å². The molecule has 0 fully saturated rings. The van der Waals surface area contributed by atoms with Gasteiger partial charge in [-0.15, -0.1) is 24.0 Å². The summed E-state index contributed by atoms with van der Waals surface area (Å²) in [4.78, 5) is 16.2. The Morgan fingerprint density at radius 2 is 1.85 bits per heavy atom. The quantitative estimate of drug-likeness (QED) is 0.342. The van der Waals surface area contributed by atoms with Crippen molar-refractivity contribution in [3.8, 4) is 0 Å². The molecule has 0 aliphatic heterocycles. The average molecular weight is 474 g/mol. The first-order valence-electron chi connectivity index (χ1n) is 7.89. The van der Waals surface area contributed by atoms with E-state index in [0.717, 1.165) is 0 Å². The van der Waals surface area contributed by atoms with Crippen LogP contribution in [0.2, 0.25) is 0 Å². The lowest BCUT2D eigenvalue weighted by molar-refractivity contribution is -0.115. The highest BCUT2D eigenvalue weighted by Gasteiger charge is 2.06. The van der Waals surface area contributed by atoms with E-state index in [-0.39, 0.29) is 48.8 Å². The van der Waals surface area contributed by atoms with Crippen molar-refractivity contribution in [2.75, 3.05) is 18.4 Å². The fourth-order valence-electron chi connectivity index (χ4n) is 2.07. The molecule has 0 aromatic heterocycles. The molecule has 0 aliphatic rings. The number of nitrogens with zero attached hydrogens (tertiary/aromatic N) is 1. The minimum atomic E-state index is -0.425. The van der Waals surface area contributed by atoms with Gasteiger partial charge in [-0.2, -0.15) is 0 Å². The van der Waals surface area contributed by atoms with Gasteiger partial charge >= 0.3 is 0 Å². The van der Waals surface area contributed by atoms with Gasteiger partial charge in [-0.05, 0) is 31.2 Å². The van der Waals surface area contributed by atoms with Crippen molar-refractivity contribution in [1.29, 1.82) is 0 Å². The van der Waals surface area contributed by atoms with Crippen LogP contribution in [0.15, 0.2) is 53.5 Å². The molecule has 0 aliphatic carbocycles. The molecule has 0 radical (unpaired) electrons. The number of nitrogens with one attached hydrogen (secondary N) is 3. The second-order valence-corrected chi connectivity index (χ2v) is 5.20. The van der Waals surface area contributed by atoms with Gasteiger partial charge in [0.05, 0.1) is 13.1 Å². The number of amides is 1. The van der Waals surface area contributed by atoms with Gasteiger partial charge in [0.1, 0.15) is 11.6 Å². The normalized spacial score (nSPS) is 10.7. The summed E-state index contributed by atoms with van der Waals surface area (Å²) in [5, 5.41) is 8.41. The highest BCUT2D eigenvalue weighted by Crippen LogP contribution is 2.09. The van der Waals surface area contributed by atoms with Crippen molar-refractivity contribution >= 4 is 41.5 Å². The summed E-state index contributed by atoms with van der Waals surface area (Å²) in [5.41, 5.74) is 0.837. The third-order valence-corrected chi connectivity index (χ3v) is 3.23. The van der Waals surface area contributed by atoms with Crippen LogP contribution in [-0.4, -0.2) is 25.0 Å². The SMILES string of the molecule is CCNC(=NCc1ccccc1F)NCC(=O)Nc1cccc(F)c1.I. The Balaban J connectivity index is 0.00000338. The minimum Gasteiger partial charge on any atom is -0.357 e. The maximum atomic E-state index is 13.6. The van der Waals surface area contributed by atoms with Gasteiger partial charge in [-0.1, -0.05) is 24.3 Å². The molecular weight excluding hydrogens is 453 g/mol. The molecule has 0 heterocycles. The molecule has 8 heteroatoms. The highest BCUT2D eigenvalue weighted by molar-refractivity contribution is 14.0. The summed E-state index contributed by atoms with van der Waals surface area (Å²) < 4.78 is 26.7. The average Bonchev–Trinajstić information content (AvgIpc) is 2.58. The van der Waals surface area contributed by atoms with Crippen LogP contribution >= 0.6 is 24.0 Å². The van der Waals surface area contributed by atoms with Crippen molar-refractivity contribution in [3.63, 3.8) is 0 Å². The van der Waals surface area contributed by atoms with E-state index in [4.69, 9.17) is 0 Å². The number of anilines is 1. The fraction of sp³-hybridized carbons (Fsp3) is 0.222. The third-order valence-electron chi connectivity index (χ3n) is 3.23. The number of carbonyl (C=O) groups is 1. The number of benzene rings is 2. The van der Waals surface area contributed by atoms with Gasteiger partial charge in [0.25, 0.3) is 0 Å². The summed E-state index contributed by atoms with van der Waals surface area (Å²) in [7, 11) is 0. The molecule has 2 aromatic rings. The van der Waals surface area contributed by atoms with Crippen LogP contribution in [-0.2, 0) is 11.3 Å². The summed E-state index contributed by atoms with van der Waals surface area (Å²) in [6.07, 6.45) is 0. The van der Waals surface area contributed by atoms with Crippen LogP contribution in [0, 0.1) is 11.6 Å². The zero-order chi connectivity index (χ0) is 18.1. The van der Waals surface area contributed by atoms with Gasteiger partial charge in [-0.25, -0.2) is 13.8 Å². The maximum absolute atomic E-state index is 13.6. The molecule has 2 rings (SSSR count). The number of carbonyl (C=O) groups excluding carboxylic acids is 1. The molecule has 5 nitrogen and oxygen atoms in total. The van der Waals surface area contributed by atoms with E-state index in [1.807, 2.05) is 6.92 Å². The van der Waals surface area contributed by atoms with Gasteiger partial charge in [0, 0.05) is 17.8 Å². The monoisotopic (exact) mass is 474 g/mol. The number of halogens is 3. The van der Waals surface area contributed by atoms with E-state index in [9.17, 15) is 13.6 Å². The highest BCUT2D eigenvalue weighted by atomic mass is 127. The van der Waals surface area contributed by atoms with Crippen LogP contribution in [0.4, 0.5) is 14.5 Å². The number of guanidine groups is 1. The number of hydrogen-bond acceptors (Lipinski definition) is 2. The molecule has 3 N–H and O–H groups in total. The molecule has 1 amide bonds. The molecular formula is C18H21F2IN4O. The summed E-state index contributed by atoms with van der Waals surface area (Å²) >= 11 is 0. The summed E-state index contributed by atoms with van der Waals surface area (Å²) in [5.74, 6) is -0.710. The largest absolute Gasteiger partial charge is 0.357 e. The Hall–Kier alpha value is -2.23. The standard InChI is InChI=1S/C18H20F2N4O.HI/c1-2-21-18(22-11-13-6-3-4-9-16(13)20)23-12-17(25)24-15-8-5-7-14(19)10-15;/h3-10H,2,11-12H2,1H3,(H,24,25)(H2,21,22,23);1H. The van der Waals surface area contributed by atoms with Crippen molar-refractivity contribution in [2.24, 2.45) is 4.99 Å². The molecule has 26 heavy (non-hydrogen) atoms. The van der Waals surface area contributed by atoms with Crippen molar-refractivity contribution in [3.05, 3.63) is 65.7 Å². The predicted octanol–water partition coefficient (Wildman–Crippen LogP) is 3.28. The summed E-state index contributed by atoms with van der Waals surface area (Å²) in [6, 6.07) is 12.0. The van der Waals surface area contributed by atoms with Crippen molar-refractivity contribution < 1.29 is 13.6 Å². The molecule has 0 saturated heterocycles. The van der Waals surface area contributed by atoms with Crippen LogP contribution in [0.5, 0.6) is 0 Å². The summed E-state index contributed by atoms with van der Waals surface area (Å²) in [6.45, 7) is 2.56. The Morgan fingerprint density at radius 1 is 1.08 bits per heavy atom. The number of rotatable bonds is 6. The maximum Gasteiger partial charge on any atom is 0.243 e. The number of hydrogen-bond donors (Lipinski definition) is 3. The van der Waals surface area contributed by atoms with E-state index < -0.39 is 5.82 Å². The van der Waals surface area contributed by atoms with Gasteiger partial charge in [-0.3, -0.25) is 4.79 Å². The van der Waals surface area contributed by atoms with Gasteiger partial charge in [0.2, 0.25) is 5.91 Å². The van der Waals surface area contributed by atoms with Crippen LogP contribution in [0.1, 0.15) is 12.5 Å². The van der Waals surface area contributed by atoms with Crippen molar-refractivity contribution in [2.45, 2.75) is 13.5 Å². The smallest absolute Gasteiger partial charge is 0.243 e. The zero-order valence-electron chi connectivity index (χ0n) is 14.3. The van der Waals surface area contributed by atoms with E-state index in [2.05, 4.69) is 20.9 Å². The zero-order valence-corrected chi connectivity index (χ0v) is 16.6. The second kappa shape index (κ2) is 11.4. The topological polar surface area (TPSA) is 65.5 Å². The first-order chi connectivity index (χ1) is 12.1. The lowest BCUT2D eigenvalue weighted by atomic mass is 10.2. The molecule has 0 saturated carbocycles. The van der Waals surface area contributed by atoms with E-state index in [1.54, 1.807) is 24.3 Å². The molecule has 0 bridgehead atoms. The van der Waals surface area contributed by atoms with E-state index >= 15 is 0 Å². The first kappa shape index (κ1) is 21.8. The Labute approximate surface area is 168 Å². The molecule has 0 atom stereocenters. The minimum absolute atomic E-state index is 0. The lowest BCUT2D eigenvalue weighted by Crippen LogP contribution is -2.41. The Kier molecular flexibility index (Phi) is 9.56. The van der Waals surface area contributed by atoms with E-state index in [0.29, 0.717) is 23.8 Å². The fourth-order valence-corrected chi connectivity index (χ4v) is 2.07. The lowest BCUT2D eigenvalue weighted by Gasteiger charge is -2.11. The Bertz CT molecular complexity index is 755. The molecule has 2 aromatic carbocycles. The number of aliphatic imine (C=N–C) groups is 1. The van der Waals surface area contributed by atoms with Gasteiger partial charge in [0.15, 0.2) is 5.96 Å². The second-order valence-electron chi connectivity index (χ2n) is 5.20.